The van der Waals surface area contributed by atoms with Gasteiger partial charge in [0.25, 0.3) is 0 Å². The highest BCUT2D eigenvalue weighted by Gasteiger charge is 2.30. The fraction of sp³-hybridized carbons (Fsp3) is 0.324. The molecule has 5 rings (SSSR count). The molecule has 3 heterocycles. The van der Waals surface area contributed by atoms with E-state index in [0.29, 0.717) is 39.6 Å². The average Bonchev–Trinajstić information content (AvgIpc) is 3.66. The number of carbonyl (C=O) groups excluding carboxylic acids is 2. The van der Waals surface area contributed by atoms with Crippen LogP contribution in [0.4, 0.5) is 0 Å². The van der Waals surface area contributed by atoms with E-state index in [4.69, 9.17) is 37.4 Å². The van der Waals surface area contributed by atoms with Crippen molar-refractivity contribution in [3.8, 4) is 11.5 Å². The number of likely N-dealkylation sites (N-methyl/N-ethyl adjacent to an activating group) is 1. The number of pyridine rings is 1. The summed E-state index contributed by atoms with van der Waals surface area (Å²) in [6.07, 6.45) is 3.37. The highest BCUT2D eigenvalue weighted by atomic mass is 35.5. The van der Waals surface area contributed by atoms with E-state index < -0.39 is 23.9 Å². The number of ether oxygens (including phenoxy) is 3. The van der Waals surface area contributed by atoms with E-state index in [-0.39, 0.29) is 34.0 Å². The van der Waals surface area contributed by atoms with Gasteiger partial charge in [-0.1, -0.05) is 59.6 Å². The number of likely N-dealkylation sites (tertiary alicyclic amines) is 1. The van der Waals surface area contributed by atoms with Crippen LogP contribution < -0.4 is 24.6 Å². The number of halogens is 2. The molecule has 248 valence electrons. The molecule has 1 saturated heterocycles. The lowest BCUT2D eigenvalue weighted by atomic mass is 9.85. The zero-order valence-electron chi connectivity index (χ0n) is 26.1. The molecule has 2 aromatic heterocycles. The SMILES string of the molecule is COc1ccc([C@H](Cc2c(Cl)c[n+](O)cc2Cl)c2cc(CNC(C(=O)O[C@H]3CCN(C)C3)c3ccccc3)sc2C(=O)[O-])cc1OC. The van der Waals surface area contributed by atoms with Crippen LogP contribution in [0.25, 0.3) is 0 Å². The van der Waals surface area contributed by atoms with Crippen molar-refractivity contribution in [3.63, 3.8) is 0 Å². The standard InChI is InChI=1S/C34H35Cl2N3O7S/c1-38-12-11-22(17-38)46-34(42)31(20-7-5-4-6-8-20)37-16-23-14-25(32(47-23)33(40)41)24(15-26-27(35)18-39(43)19-28(26)36)21-9-10-29(44-2)30(13-21)45-3/h4-10,13-14,18-19,22,24,31,37H,11-12,15-17H2,1-3H3,(H-,40,41,43)/t22-,24-,31?/m0/s1. The van der Waals surface area contributed by atoms with Gasteiger partial charge < -0.3 is 29.0 Å². The molecule has 3 atom stereocenters. The zero-order chi connectivity index (χ0) is 33.7. The van der Waals surface area contributed by atoms with Crippen LogP contribution in [0.2, 0.25) is 10.0 Å². The highest BCUT2D eigenvalue weighted by molar-refractivity contribution is 7.14. The number of aromatic carboxylic acids is 1. The largest absolute Gasteiger partial charge is 0.544 e. The molecule has 2 aromatic carbocycles. The predicted octanol–water partition coefficient (Wildman–Crippen LogP) is 4.41. The van der Waals surface area contributed by atoms with Crippen molar-refractivity contribution in [2.24, 2.45) is 0 Å². The Morgan fingerprint density at radius 3 is 2.38 bits per heavy atom. The maximum absolute atomic E-state index is 13.4. The van der Waals surface area contributed by atoms with Gasteiger partial charge in [-0.3, -0.25) is 10.5 Å². The molecule has 0 aliphatic carbocycles. The summed E-state index contributed by atoms with van der Waals surface area (Å²) < 4.78 is 17.6. The van der Waals surface area contributed by atoms with Gasteiger partial charge in [0.1, 0.15) is 22.2 Å². The van der Waals surface area contributed by atoms with Gasteiger partial charge in [-0.25, -0.2) is 4.79 Å². The topological polar surface area (TPSA) is 124 Å². The van der Waals surface area contributed by atoms with Gasteiger partial charge in [0, 0.05) is 40.7 Å². The summed E-state index contributed by atoms with van der Waals surface area (Å²) in [6, 6.07) is 15.6. The van der Waals surface area contributed by atoms with Gasteiger partial charge >= 0.3 is 5.97 Å². The minimum absolute atomic E-state index is 0.0230. The zero-order valence-corrected chi connectivity index (χ0v) is 28.4. The van der Waals surface area contributed by atoms with Gasteiger partial charge in [-0.2, -0.15) is 0 Å². The minimum atomic E-state index is -1.34. The molecule has 0 bridgehead atoms. The third-order valence-electron chi connectivity index (χ3n) is 8.14. The molecule has 0 amide bonds. The number of benzene rings is 2. The number of nitrogens with one attached hydrogen (secondary N) is 1. The number of hydrogen-bond acceptors (Lipinski definition) is 10. The van der Waals surface area contributed by atoms with Crippen molar-refractivity contribution in [1.29, 1.82) is 0 Å². The Bertz CT molecular complexity index is 1710. The number of aromatic nitrogens is 1. The lowest BCUT2D eigenvalue weighted by Crippen LogP contribution is -2.33. The second-order valence-electron chi connectivity index (χ2n) is 11.3. The van der Waals surface area contributed by atoms with Crippen LogP contribution in [0.1, 0.15) is 55.2 Å². The molecule has 0 saturated carbocycles. The number of hydrogen-bond donors (Lipinski definition) is 2. The molecule has 0 radical (unpaired) electrons. The number of esters is 1. The Balaban J connectivity index is 1.50. The van der Waals surface area contributed by atoms with Crippen LogP contribution in [-0.4, -0.2) is 62.5 Å². The van der Waals surface area contributed by atoms with Crippen molar-refractivity contribution in [2.75, 3.05) is 34.4 Å². The summed E-state index contributed by atoms with van der Waals surface area (Å²) in [5, 5.41) is 26.2. The number of rotatable bonds is 13. The predicted molar refractivity (Wildman–Crippen MR) is 176 cm³/mol. The first kappa shape index (κ1) is 34.5. The van der Waals surface area contributed by atoms with Crippen LogP contribution in [0.15, 0.2) is 67.0 Å². The smallest absolute Gasteiger partial charge is 0.328 e. The van der Waals surface area contributed by atoms with Crippen molar-refractivity contribution in [1.82, 2.24) is 10.2 Å². The van der Waals surface area contributed by atoms with Gasteiger partial charge in [-0.15, -0.1) is 11.3 Å². The number of thiophene rings is 1. The van der Waals surface area contributed by atoms with Crippen molar-refractivity contribution < 1.29 is 38.8 Å². The fourth-order valence-electron chi connectivity index (χ4n) is 5.79. The van der Waals surface area contributed by atoms with Crippen LogP contribution >= 0.6 is 34.5 Å². The van der Waals surface area contributed by atoms with Crippen molar-refractivity contribution in [2.45, 2.75) is 37.5 Å². The van der Waals surface area contributed by atoms with Crippen LogP contribution in [0.5, 0.6) is 11.5 Å². The van der Waals surface area contributed by atoms with E-state index in [1.165, 1.54) is 26.6 Å². The van der Waals surface area contributed by atoms with E-state index in [1.54, 1.807) is 18.2 Å². The quantitative estimate of drug-likeness (QED) is 0.119. The van der Waals surface area contributed by atoms with Gasteiger partial charge in [0.05, 0.1) is 25.1 Å². The molecule has 1 fully saturated rings. The normalized spacial score (nSPS) is 16.1. The molecule has 1 aliphatic rings. The third kappa shape index (κ3) is 8.17. The third-order valence-corrected chi connectivity index (χ3v) is 9.92. The number of carbonyl (C=O) groups is 2. The van der Waals surface area contributed by atoms with Gasteiger partial charge in [-0.05, 0) is 54.8 Å². The molecular formula is C34H35Cl2N3O7S. The average molecular weight is 701 g/mol. The monoisotopic (exact) mass is 699 g/mol. The number of carboxylic acid groups (broad SMARTS) is 1. The van der Waals surface area contributed by atoms with Gasteiger partial charge in [0.15, 0.2) is 11.5 Å². The summed E-state index contributed by atoms with van der Waals surface area (Å²) in [5.74, 6) is -1.36. The van der Waals surface area contributed by atoms with Crippen LogP contribution in [0.3, 0.4) is 0 Å². The Morgan fingerprint density at radius 2 is 1.77 bits per heavy atom. The Morgan fingerprint density at radius 1 is 1.06 bits per heavy atom. The second-order valence-corrected chi connectivity index (χ2v) is 13.3. The van der Waals surface area contributed by atoms with Crippen molar-refractivity contribution >= 4 is 46.5 Å². The number of nitrogens with zero attached hydrogens (tertiary/aromatic N) is 2. The first-order valence-corrected chi connectivity index (χ1v) is 16.5. The van der Waals surface area contributed by atoms with Crippen LogP contribution in [0, 0.1) is 0 Å². The van der Waals surface area contributed by atoms with E-state index in [9.17, 15) is 19.9 Å². The van der Waals surface area contributed by atoms with Crippen molar-refractivity contribution in [3.05, 3.63) is 109 Å². The molecule has 4 aromatic rings. The summed E-state index contributed by atoms with van der Waals surface area (Å²) in [4.78, 5) is 28.8. The summed E-state index contributed by atoms with van der Waals surface area (Å²) >= 11 is 14.1. The first-order chi connectivity index (χ1) is 22.6. The minimum Gasteiger partial charge on any atom is -0.544 e. The van der Waals surface area contributed by atoms with Gasteiger partial charge in [0.2, 0.25) is 12.4 Å². The van der Waals surface area contributed by atoms with E-state index in [1.807, 2.05) is 43.4 Å². The molecular weight excluding hydrogens is 665 g/mol. The molecule has 1 aliphatic heterocycles. The van der Waals surface area contributed by atoms with E-state index in [0.717, 1.165) is 34.6 Å². The summed E-state index contributed by atoms with van der Waals surface area (Å²) in [6.45, 7) is 1.70. The Hall–Kier alpha value is -3.87. The molecule has 10 nitrogen and oxygen atoms in total. The molecule has 2 N–H and O–H groups in total. The first-order valence-electron chi connectivity index (χ1n) is 14.9. The molecule has 13 heteroatoms. The molecule has 1 unspecified atom stereocenters. The summed E-state index contributed by atoms with van der Waals surface area (Å²) in [5.41, 5.74) is 2.43. The van der Waals surface area contributed by atoms with E-state index >= 15 is 0 Å². The number of carboxylic acids is 1. The maximum atomic E-state index is 13.4. The second kappa shape index (κ2) is 15.4. The lowest BCUT2D eigenvalue weighted by Gasteiger charge is -2.21. The maximum Gasteiger partial charge on any atom is 0.328 e. The summed E-state index contributed by atoms with van der Waals surface area (Å²) in [7, 11) is 5.03. The number of methoxy groups -OCH3 is 2. The van der Waals surface area contributed by atoms with E-state index in [2.05, 4.69) is 10.2 Å². The fourth-order valence-corrected chi connectivity index (χ4v) is 7.40. The lowest BCUT2D eigenvalue weighted by molar-refractivity contribution is -0.904. The van der Waals surface area contributed by atoms with Crippen LogP contribution in [-0.2, 0) is 22.5 Å². The Labute approximate surface area is 287 Å². The molecule has 0 spiro atoms. The Kier molecular flexibility index (Phi) is 11.3. The molecule has 47 heavy (non-hydrogen) atoms. The highest BCUT2D eigenvalue weighted by Crippen LogP contribution is 2.41.